The molecule has 0 saturated heterocycles. The highest BCUT2D eigenvalue weighted by atomic mass is 19.2. The molecule has 0 bridgehead atoms. The molecule has 0 aromatic heterocycles. The molecule has 1 aromatic rings. The Bertz CT molecular complexity index is 383. The summed E-state index contributed by atoms with van der Waals surface area (Å²) in [7, 11) is 0. The fraction of sp³-hybridized carbons (Fsp3) is 0.625. The third-order valence-corrected chi connectivity index (χ3v) is 3.64. The second kappa shape index (κ2) is 9.83. The number of hydrazine groups is 1. The molecule has 2 nitrogen and oxygen atoms in total. The first-order valence-corrected chi connectivity index (χ1v) is 7.58. The first-order valence-electron chi connectivity index (χ1n) is 7.58. The highest BCUT2D eigenvalue weighted by Crippen LogP contribution is 2.16. The molecule has 0 spiro atoms. The molecule has 0 fully saturated rings. The van der Waals surface area contributed by atoms with Gasteiger partial charge in [0.1, 0.15) is 0 Å². The highest BCUT2D eigenvalue weighted by molar-refractivity contribution is 5.19. The van der Waals surface area contributed by atoms with E-state index in [9.17, 15) is 8.78 Å². The molecule has 0 heterocycles. The Morgan fingerprint density at radius 3 is 2.50 bits per heavy atom. The van der Waals surface area contributed by atoms with Crippen LogP contribution in [0.15, 0.2) is 18.2 Å². The molecule has 114 valence electrons. The van der Waals surface area contributed by atoms with Crippen molar-refractivity contribution in [1.29, 1.82) is 0 Å². The summed E-state index contributed by atoms with van der Waals surface area (Å²) in [5.41, 5.74) is 3.10. The third-order valence-electron chi connectivity index (χ3n) is 3.64. The van der Waals surface area contributed by atoms with Crippen molar-refractivity contribution in [3.8, 4) is 0 Å². The molecule has 0 radical (unpaired) electrons. The van der Waals surface area contributed by atoms with Gasteiger partial charge in [0, 0.05) is 6.04 Å². The lowest BCUT2D eigenvalue weighted by molar-refractivity contribution is 0.442. The molecule has 3 N–H and O–H groups in total. The number of hydrogen-bond donors (Lipinski definition) is 2. The second-order valence-corrected chi connectivity index (χ2v) is 5.34. The van der Waals surface area contributed by atoms with Crippen LogP contribution in [-0.4, -0.2) is 6.04 Å². The van der Waals surface area contributed by atoms with Gasteiger partial charge >= 0.3 is 0 Å². The minimum Gasteiger partial charge on any atom is -0.271 e. The Kier molecular flexibility index (Phi) is 8.38. The number of rotatable bonds is 10. The molecule has 0 amide bonds. The van der Waals surface area contributed by atoms with Crippen LogP contribution in [-0.2, 0) is 6.42 Å². The predicted octanol–water partition coefficient (Wildman–Crippen LogP) is 4.09. The Labute approximate surface area is 120 Å². The van der Waals surface area contributed by atoms with E-state index in [0.29, 0.717) is 12.0 Å². The lowest BCUT2D eigenvalue weighted by Crippen LogP contribution is -2.37. The Hall–Kier alpha value is -1.00. The van der Waals surface area contributed by atoms with Crippen LogP contribution in [0, 0.1) is 11.6 Å². The van der Waals surface area contributed by atoms with Gasteiger partial charge in [0.25, 0.3) is 0 Å². The van der Waals surface area contributed by atoms with E-state index >= 15 is 0 Å². The van der Waals surface area contributed by atoms with Crippen LogP contribution in [0.1, 0.15) is 57.4 Å². The molecule has 1 unspecified atom stereocenters. The van der Waals surface area contributed by atoms with Gasteiger partial charge in [0.05, 0.1) is 0 Å². The molecule has 1 aromatic carbocycles. The van der Waals surface area contributed by atoms with Crippen molar-refractivity contribution in [3.63, 3.8) is 0 Å². The number of nitrogens with one attached hydrogen (secondary N) is 1. The highest BCUT2D eigenvalue weighted by Gasteiger charge is 2.13. The molecular weight excluding hydrogens is 258 g/mol. The van der Waals surface area contributed by atoms with Gasteiger partial charge in [0.2, 0.25) is 0 Å². The van der Waals surface area contributed by atoms with E-state index in [1.165, 1.54) is 38.2 Å². The Balaban J connectivity index is 2.34. The maximum atomic E-state index is 13.6. The second-order valence-electron chi connectivity index (χ2n) is 5.34. The van der Waals surface area contributed by atoms with Crippen LogP contribution in [0.2, 0.25) is 0 Å². The molecule has 1 rings (SSSR count). The van der Waals surface area contributed by atoms with Gasteiger partial charge in [-0.1, -0.05) is 57.6 Å². The van der Waals surface area contributed by atoms with Gasteiger partial charge in [-0.25, -0.2) is 8.78 Å². The van der Waals surface area contributed by atoms with Crippen molar-refractivity contribution < 1.29 is 8.78 Å². The van der Waals surface area contributed by atoms with Crippen LogP contribution in [0.4, 0.5) is 8.78 Å². The number of halogens is 2. The predicted molar refractivity (Wildman–Crippen MR) is 79.2 cm³/mol. The monoisotopic (exact) mass is 284 g/mol. The Morgan fingerprint density at radius 1 is 1.10 bits per heavy atom. The van der Waals surface area contributed by atoms with Gasteiger partial charge < -0.3 is 0 Å². The first-order chi connectivity index (χ1) is 9.69. The van der Waals surface area contributed by atoms with E-state index in [4.69, 9.17) is 5.84 Å². The van der Waals surface area contributed by atoms with E-state index < -0.39 is 11.6 Å². The van der Waals surface area contributed by atoms with Crippen molar-refractivity contribution in [3.05, 3.63) is 35.4 Å². The molecule has 0 saturated carbocycles. The van der Waals surface area contributed by atoms with Crippen molar-refractivity contribution in [2.75, 3.05) is 0 Å². The van der Waals surface area contributed by atoms with Crippen molar-refractivity contribution >= 4 is 0 Å². The van der Waals surface area contributed by atoms with Crippen LogP contribution in [0.3, 0.4) is 0 Å². The maximum absolute atomic E-state index is 13.6. The fourth-order valence-corrected chi connectivity index (χ4v) is 2.39. The summed E-state index contributed by atoms with van der Waals surface area (Å²) in [6.45, 7) is 2.20. The minimum absolute atomic E-state index is 0.00234. The summed E-state index contributed by atoms with van der Waals surface area (Å²) in [5, 5.41) is 0. The largest absolute Gasteiger partial charge is 0.271 e. The molecule has 4 heteroatoms. The molecule has 0 aliphatic carbocycles. The van der Waals surface area contributed by atoms with Crippen LogP contribution >= 0.6 is 0 Å². The van der Waals surface area contributed by atoms with Gasteiger partial charge in [-0.3, -0.25) is 11.3 Å². The lowest BCUT2D eigenvalue weighted by Gasteiger charge is -2.16. The number of benzene rings is 1. The fourth-order valence-electron chi connectivity index (χ4n) is 2.39. The Morgan fingerprint density at radius 2 is 1.80 bits per heavy atom. The van der Waals surface area contributed by atoms with Gasteiger partial charge in [-0.2, -0.15) is 0 Å². The first kappa shape index (κ1) is 17.1. The minimum atomic E-state index is -0.794. The number of nitrogens with two attached hydrogens (primary N) is 1. The van der Waals surface area contributed by atoms with E-state index in [2.05, 4.69) is 12.3 Å². The quantitative estimate of drug-likeness (QED) is 0.386. The lowest BCUT2D eigenvalue weighted by atomic mass is 9.99. The zero-order valence-corrected chi connectivity index (χ0v) is 12.3. The standard InChI is InChI=1S/C16H26F2N2/c1-2-3-4-5-6-7-10-14(20-19)12-13-9-8-11-15(17)16(13)18/h8-9,11,14,20H,2-7,10,12,19H2,1H3. The zero-order chi connectivity index (χ0) is 14.8. The average molecular weight is 284 g/mol. The van der Waals surface area contributed by atoms with Gasteiger partial charge in [0.15, 0.2) is 11.6 Å². The zero-order valence-electron chi connectivity index (χ0n) is 12.3. The molecular formula is C16H26F2N2. The topological polar surface area (TPSA) is 38.0 Å². The summed E-state index contributed by atoms with van der Waals surface area (Å²) in [4.78, 5) is 0. The maximum Gasteiger partial charge on any atom is 0.162 e. The summed E-state index contributed by atoms with van der Waals surface area (Å²) in [5.74, 6) is 3.96. The summed E-state index contributed by atoms with van der Waals surface area (Å²) < 4.78 is 26.7. The van der Waals surface area contributed by atoms with Crippen molar-refractivity contribution in [1.82, 2.24) is 5.43 Å². The van der Waals surface area contributed by atoms with Crippen molar-refractivity contribution in [2.45, 2.75) is 64.3 Å². The van der Waals surface area contributed by atoms with E-state index in [1.54, 1.807) is 6.07 Å². The molecule has 20 heavy (non-hydrogen) atoms. The van der Waals surface area contributed by atoms with Crippen LogP contribution in [0.25, 0.3) is 0 Å². The summed E-state index contributed by atoms with van der Waals surface area (Å²) >= 11 is 0. The summed E-state index contributed by atoms with van der Waals surface area (Å²) in [6, 6.07) is 4.28. The number of unbranched alkanes of at least 4 members (excludes halogenated alkanes) is 5. The number of hydrogen-bond acceptors (Lipinski definition) is 2. The average Bonchev–Trinajstić information content (AvgIpc) is 2.46. The molecule has 0 aliphatic rings. The van der Waals surface area contributed by atoms with E-state index in [0.717, 1.165) is 18.9 Å². The normalized spacial score (nSPS) is 12.6. The van der Waals surface area contributed by atoms with Gasteiger partial charge in [-0.05, 0) is 24.5 Å². The SMILES string of the molecule is CCCCCCCCC(Cc1cccc(F)c1F)NN. The van der Waals surface area contributed by atoms with Crippen molar-refractivity contribution in [2.24, 2.45) is 5.84 Å². The van der Waals surface area contributed by atoms with Gasteiger partial charge in [-0.15, -0.1) is 0 Å². The third kappa shape index (κ3) is 5.97. The van der Waals surface area contributed by atoms with Crippen LogP contribution < -0.4 is 11.3 Å². The summed E-state index contributed by atoms with van der Waals surface area (Å²) in [6.07, 6.45) is 8.58. The van der Waals surface area contributed by atoms with E-state index in [1.807, 2.05) is 0 Å². The molecule has 0 aliphatic heterocycles. The van der Waals surface area contributed by atoms with E-state index in [-0.39, 0.29) is 6.04 Å². The molecule has 1 atom stereocenters. The smallest absolute Gasteiger partial charge is 0.162 e. The van der Waals surface area contributed by atoms with Crippen LogP contribution in [0.5, 0.6) is 0 Å².